The molecule has 0 aromatic rings. The number of hydrogen-bond acceptors (Lipinski definition) is 0. The molecule has 0 radical (unpaired) electrons. The van der Waals surface area contributed by atoms with Gasteiger partial charge in [0, 0.05) is 11.3 Å². The van der Waals surface area contributed by atoms with Crippen LogP contribution in [0.3, 0.4) is 0 Å². The van der Waals surface area contributed by atoms with Gasteiger partial charge in [0.25, 0.3) is 0 Å². The number of rotatable bonds is 2. The molecule has 37 heavy (non-hydrogen) atoms. The van der Waals surface area contributed by atoms with Crippen molar-refractivity contribution in [3.8, 4) is 0 Å². The van der Waals surface area contributed by atoms with E-state index in [-0.39, 0.29) is 16.2 Å². The van der Waals surface area contributed by atoms with Gasteiger partial charge in [-0.05, 0) is 72.3 Å². The molecule has 3 aliphatic rings. The summed E-state index contributed by atoms with van der Waals surface area (Å²) in [6.45, 7) is 31.0. The van der Waals surface area contributed by atoms with E-state index in [1.54, 1.807) is 0 Å². The number of hydrogen-bond donors (Lipinski definition) is 0. The van der Waals surface area contributed by atoms with Gasteiger partial charge in [0.15, 0.2) is 0 Å². The maximum atomic E-state index is 4.40. The van der Waals surface area contributed by atoms with E-state index >= 15 is 0 Å². The fraction of sp³-hybridized carbons (Fsp3) is 0.514. The molecule has 0 nitrogen and oxygen atoms in total. The number of allylic oxidation sites excluding steroid dienone is 17. The van der Waals surface area contributed by atoms with Gasteiger partial charge in [-0.1, -0.05) is 148 Å². The van der Waals surface area contributed by atoms with E-state index in [1.165, 1.54) is 39.9 Å². The molecule has 3 aliphatic carbocycles. The van der Waals surface area contributed by atoms with Gasteiger partial charge < -0.3 is 0 Å². The molecular formula is C37H56. The third-order valence-corrected chi connectivity index (χ3v) is 7.43. The highest BCUT2D eigenvalue weighted by Gasteiger charge is 2.35. The van der Waals surface area contributed by atoms with Crippen LogP contribution in [0.1, 0.15) is 102 Å². The second-order valence-electron chi connectivity index (χ2n) is 12.8. The van der Waals surface area contributed by atoms with E-state index in [0.29, 0.717) is 5.92 Å². The summed E-state index contributed by atoms with van der Waals surface area (Å²) >= 11 is 0. The summed E-state index contributed by atoms with van der Waals surface area (Å²) in [6, 6.07) is 0. The minimum atomic E-state index is 0.0588. The average Bonchev–Trinajstić information content (AvgIpc) is 3.28. The van der Waals surface area contributed by atoms with Crippen LogP contribution in [-0.4, -0.2) is 0 Å². The first-order valence-corrected chi connectivity index (χ1v) is 14.3. The van der Waals surface area contributed by atoms with Crippen LogP contribution in [0.25, 0.3) is 0 Å². The van der Waals surface area contributed by atoms with E-state index in [2.05, 4.69) is 157 Å². The van der Waals surface area contributed by atoms with Gasteiger partial charge in [0.2, 0.25) is 0 Å². The Morgan fingerprint density at radius 1 is 1.05 bits per heavy atom. The molecule has 0 spiro atoms. The largest absolute Gasteiger partial charge is 0.0909 e. The zero-order valence-corrected chi connectivity index (χ0v) is 26.3. The van der Waals surface area contributed by atoms with Crippen LogP contribution in [0, 0.1) is 22.2 Å². The van der Waals surface area contributed by atoms with Crippen molar-refractivity contribution >= 4 is 0 Å². The summed E-state index contributed by atoms with van der Waals surface area (Å²) in [5.74, 6) is 0.482. The minimum absolute atomic E-state index is 0.0588. The van der Waals surface area contributed by atoms with Gasteiger partial charge >= 0.3 is 0 Å². The lowest BCUT2D eigenvalue weighted by molar-refractivity contribution is 0.377. The van der Waals surface area contributed by atoms with Gasteiger partial charge in [-0.25, -0.2) is 0 Å². The van der Waals surface area contributed by atoms with Crippen LogP contribution in [0.2, 0.25) is 0 Å². The van der Waals surface area contributed by atoms with E-state index in [1.807, 2.05) is 0 Å². The van der Waals surface area contributed by atoms with E-state index in [9.17, 15) is 0 Å². The number of fused-ring (bicyclic) bond motifs is 2. The first kappa shape index (κ1) is 32.7. The Bertz CT molecular complexity index is 1020. The third kappa shape index (κ3) is 9.17. The lowest BCUT2D eigenvalue weighted by Crippen LogP contribution is -2.28. The molecule has 2 unspecified atom stereocenters. The topological polar surface area (TPSA) is 0 Å². The average molecular weight is 501 g/mol. The van der Waals surface area contributed by atoms with Crippen LogP contribution in [-0.2, 0) is 0 Å². The van der Waals surface area contributed by atoms with Crippen molar-refractivity contribution in [2.75, 3.05) is 0 Å². The molecule has 0 aromatic carbocycles. The molecule has 0 heterocycles. The molecule has 0 bridgehead atoms. The van der Waals surface area contributed by atoms with Crippen LogP contribution >= 0.6 is 0 Å². The highest BCUT2D eigenvalue weighted by Crippen LogP contribution is 2.47. The van der Waals surface area contributed by atoms with Crippen molar-refractivity contribution in [2.45, 2.75) is 102 Å². The minimum Gasteiger partial charge on any atom is -0.0909 e. The molecule has 0 saturated heterocycles. The highest BCUT2D eigenvalue weighted by atomic mass is 14.4. The van der Waals surface area contributed by atoms with Gasteiger partial charge in [-0.2, -0.15) is 0 Å². The fourth-order valence-corrected chi connectivity index (χ4v) is 4.77. The Hall–Kier alpha value is -2.34. The van der Waals surface area contributed by atoms with E-state index in [0.717, 1.165) is 12.8 Å². The van der Waals surface area contributed by atoms with Gasteiger partial charge in [-0.3, -0.25) is 0 Å². The maximum Gasteiger partial charge on any atom is 0.0108 e. The first-order valence-electron chi connectivity index (χ1n) is 14.3. The second kappa shape index (κ2) is 14.0. The Balaban J connectivity index is 0.000000355. The Morgan fingerprint density at radius 2 is 1.68 bits per heavy atom. The molecule has 0 amide bonds. The molecule has 0 aliphatic heterocycles. The predicted octanol–water partition coefficient (Wildman–Crippen LogP) is 11.8. The zero-order valence-electron chi connectivity index (χ0n) is 26.3. The smallest absolute Gasteiger partial charge is 0.0108 e. The Labute approximate surface area is 231 Å². The van der Waals surface area contributed by atoms with E-state index < -0.39 is 0 Å². The van der Waals surface area contributed by atoms with Gasteiger partial charge in [-0.15, -0.1) is 0 Å². The molecule has 0 saturated carbocycles. The SMILES string of the molecule is C/C=C(\C=C(/C)C(C)(C)C)C(C)(C)C.C=C1C2=CCC=C2/C=C\C(C)(C=CC)C2CC=CC=C12.CCC. The quantitative estimate of drug-likeness (QED) is 0.261. The molecule has 204 valence electrons. The molecule has 0 aromatic heterocycles. The van der Waals surface area contributed by atoms with Gasteiger partial charge in [0.05, 0.1) is 0 Å². The highest BCUT2D eigenvalue weighted by molar-refractivity contribution is 5.63. The van der Waals surface area contributed by atoms with Crippen molar-refractivity contribution in [1.29, 1.82) is 0 Å². The fourth-order valence-electron chi connectivity index (χ4n) is 4.77. The zero-order chi connectivity index (χ0) is 28.4. The van der Waals surface area contributed by atoms with Crippen LogP contribution in [0.4, 0.5) is 0 Å². The van der Waals surface area contributed by atoms with Crippen molar-refractivity contribution in [2.24, 2.45) is 22.2 Å². The van der Waals surface area contributed by atoms with Crippen LogP contribution < -0.4 is 0 Å². The standard InChI is InChI=1S/C20H22.C14H26.C3H8/c1-4-13-20(3)14-12-16-8-7-10-17(16)15(2)18-9-5-6-11-19(18)20;1-9-12(14(6,7)8)10-11(2)13(3,4)5;1-3-2/h4-6,8-10,12-14,19H,2,7,11H2,1,3H3;9-10H,1-8H3;3H2,1-2H3/b13-4?,14-12-;11-10+,12-9+;. The monoisotopic (exact) mass is 500 g/mol. The molecular weight excluding hydrogens is 444 g/mol. The second-order valence-corrected chi connectivity index (χ2v) is 12.8. The summed E-state index contributed by atoms with van der Waals surface area (Å²) in [5.41, 5.74) is 8.73. The molecule has 3 rings (SSSR count). The van der Waals surface area contributed by atoms with Crippen molar-refractivity contribution < 1.29 is 0 Å². The van der Waals surface area contributed by atoms with Crippen LogP contribution in [0.5, 0.6) is 0 Å². The van der Waals surface area contributed by atoms with Crippen molar-refractivity contribution in [3.05, 3.63) is 107 Å². The third-order valence-electron chi connectivity index (χ3n) is 7.43. The normalized spacial score (nSPS) is 24.8. The molecule has 0 N–H and O–H groups in total. The molecule has 0 fully saturated rings. The van der Waals surface area contributed by atoms with E-state index in [4.69, 9.17) is 0 Å². The van der Waals surface area contributed by atoms with Crippen molar-refractivity contribution in [3.63, 3.8) is 0 Å². The predicted molar refractivity (Wildman–Crippen MR) is 170 cm³/mol. The summed E-state index contributed by atoms with van der Waals surface area (Å²) in [7, 11) is 0. The molecule has 2 atom stereocenters. The summed E-state index contributed by atoms with van der Waals surface area (Å²) in [4.78, 5) is 0. The maximum absolute atomic E-state index is 4.40. The lowest BCUT2D eigenvalue weighted by Gasteiger charge is -2.38. The summed E-state index contributed by atoms with van der Waals surface area (Å²) in [5, 5.41) is 0. The lowest BCUT2D eigenvalue weighted by atomic mass is 9.66. The summed E-state index contributed by atoms with van der Waals surface area (Å²) < 4.78 is 0. The summed E-state index contributed by atoms with van der Waals surface area (Å²) in [6.07, 6.45) is 28.4. The first-order chi connectivity index (χ1) is 17.2. The van der Waals surface area contributed by atoms with Crippen molar-refractivity contribution in [1.82, 2.24) is 0 Å². The Kier molecular flexibility index (Phi) is 12.4. The molecule has 0 heteroatoms. The van der Waals surface area contributed by atoms with Crippen LogP contribution in [0.15, 0.2) is 107 Å². The Morgan fingerprint density at radius 3 is 2.19 bits per heavy atom. The van der Waals surface area contributed by atoms with Gasteiger partial charge in [0.1, 0.15) is 0 Å².